The van der Waals surface area contributed by atoms with Crippen LogP contribution in [0.5, 0.6) is 0 Å². The Kier molecular flexibility index (Phi) is 2.81. The van der Waals surface area contributed by atoms with Crippen molar-refractivity contribution in [1.29, 1.82) is 0 Å². The highest BCUT2D eigenvalue weighted by Crippen LogP contribution is 2.31. The van der Waals surface area contributed by atoms with Gasteiger partial charge in [0.15, 0.2) is 0 Å². The summed E-state index contributed by atoms with van der Waals surface area (Å²) in [5.74, 6) is 0.499. The fourth-order valence-corrected chi connectivity index (χ4v) is 2.73. The van der Waals surface area contributed by atoms with Gasteiger partial charge in [-0.25, -0.2) is 0 Å². The van der Waals surface area contributed by atoms with Crippen LogP contribution in [0.4, 0.5) is 0 Å². The summed E-state index contributed by atoms with van der Waals surface area (Å²) in [6, 6.07) is 6.35. The predicted molar refractivity (Wildman–Crippen MR) is 67.8 cm³/mol. The lowest BCUT2D eigenvalue weighted by molar-refractivity contribution is 0.237. The second-order valence-corrected chi connectivity index (χ2v) is 4.71. The molecule has 0 bridgehead atoms. The number of hydrazone groups is 1. The van der Waals surface area contributed by atoms with Crippen molar-refractivity contribution in [2.75, 3.05) is 19.6 Å². The van der Waals surface area contributed by atoms with Crippen molar-refractivity contribution in [2.24, 2.45) is 11.0 Å². The van der Waals surface area contributed by atoms with Crippen molar-refractivity contribution in [1.82, 2.24) is 15.3 Å². The van der Waals surface area contributed by atoms with Gasteiger partial charge in [-0.3, -0.25) is 4.98 Å². The van der Waals surface area contributed by atoms with Gasteiger partial charge in [0.2, 0.25) is 0 Å². The topological polar surface area (TPSA) is 40.5 Å². The number of nitrogens with one attached hydrogen (secondary N) is 1. The smallest absolute Gasteiger partial charge is 0.0953 e. The monoisotopic (exact) mass is 230 g/mol. The first kappa shape index (κ1) is 10.7. The van der Waals surface area contributed by atoms with Gasteiger partial charge in [-0.2, -0.15) is 5.10 Å². The minimum Gasteiger partial charge on any atom is -0.302 e. The van der Waals surface area contributed by atoms with Crippen LogP contribution in [0.15, 0.2) is 29.5 Å². The Hall–Kier alpha value is -1.42. The molecule has 1 aromatic heterocycles. The summed E-state index contributed by atoms with van der Waals surface area (Å²) in [5.41, 5.74) is 5.69. The van der Waals surface area contributed by atoms with Crippen molar-refractivity contribution in [3.63, 3.8) is 0 Å². The summed E-state index contributed by atoms with van der Waals surface area (Å²) in [6.07, 6.45) is 2.95. The molecule has 1 fully saturated rings. The Morgan fingerprint density at radius 2 is 2.41 bits per heavy atom. The molecule has 0 spiro atoms. The standard InChI is InChI=1S/C13H18N4/c1-2-17-8-6-11-10(9-17)13(16-15-11)12-5-3-4-7-14-12/h3-5,7,10,13,16H,2,6,8-9H2,1H3. The molecule has 2 unspecified atom stereocenters. The van der Waals surface area contributed by atoms with Crippen molar-refractivity contribution in [3.8, 4) is 0 Å². The first-order valence-corrected chi connectivity index (χ1v) is 6.33. The maximum absolute atomic E-state index is 4.48. The first-order chi connectivity index (χ1) is 8.38. The molecular formula is C13H18N4. The molecule has 1 aromatic rings. The van der Waals surface area contributed by atoms with E-state index >= 15 is 0 Å². The molecule has 0 aromatic carbocycles. The SMILES string of the molecule is CCN1CCC2=NNC(c3ccccn3)C2C1. The van der Waals surface area contributed by atoms with E-state index in [1.807, 2.05) is 18.3 Å². The van der Waals surface area contributed by atoms with Crippen LogP contribution in [0, 0.1) is 5.92 Å². The Bertz CT molecular complexity index is 415. The lowest BCUT2D eigenvalue weighted by atomic mass is 9.88. The van der Waals surface area contributed by atoms with Crippen molar-refractivity contribution < 1.29 is 0 Å². The Labute approximate surface area is 102 Å². The minimum atomic E-state index is 0.264. The highest BCUT2D eigenvalue weighted by molar-refractivity contribution is 5.89. The summed E-state index contributed by atoms with van der Waals surface area (Å²) in [5, 5.41) is 4.48. The lowest BCUT2D eigenvalue weighted by Gasteiger charge is -2.32. The molecule has 90 valence electrons. The summed E-state index contributed by atoms with van der Waals surface area (Å²) < 4.78 is 0. The third-order valence-electron chi connectivity index (χ3n) is 3.77. The third-order valence-corrected chi connectivity index (χ3v) is 3.77. The Morgan fingerprint density at radius 1 is 1.47 bits per heavy atom. The molecule has 4 nitrogen and oxygen atoms in total. The number of rotatable bonds is 2. The normalized spacial score (nSPS) is 28.4. The number of nitrogens with zero attached hydrogens (tertiary/aromatic N) is 3. The molecule has 2 atom stereocenters. The van der Waals surface area contributed by atoms with Crippen molar-refractivity contribution in [2.45, 2.75) is 19.4 Å². The van der Waals surface area contributed by atoms with E-state index in [1.54, 1.807) is 0 Å². The maximum Gasteiger partial charge on any atom is 0.0953 e. The van der Waals surface area contributed by atoms with E-state index in [0.717, 1.165) is 31.7 Å². The van der Waals surface area contributed by atoms with Crippen molar-refractivity contribution in [3.05, 3.63) is 30.1 Å². The average molecular weight is 230 g/mol. The lowest BCUT2D eigenvalue weighted by Crippen LogP contribution is -2.41. The summed E-state index contributed by atoms with van der Waals surface area (Å²) in [6.45, 7) is 5.59. The number of likely N-dealkylation sites (tertiary alicyclic amines) is 1. The molecular weight excluding hydrogens is 212 g/mol. The quantitative estimate of drug-likeness (QED) is 0.835. The zero-order valence-electron chi connectivity index (χ0n) is 10.1. The van der Waals surface area contributed by atoms with Crippen LogP contribution >= 0.6 is 0 Å². The molecule has 17 heavy (non-hydrogen) atoms. The van der Waals surface area contributed by atoms with Gasteiger partial charge in [0.25, 0.3) is 0 Å². The van der Waals surface area contributed by atoms with Crippen LogP contribution in [0.2, 0.25) is 0 Å². The third kappa shape index (κ3) is 1.93. The number of fused-ring (bicyclic) bond motifs is 1. The zero-order chi connectivity index (χ0) is 11.7. The van der Waals surface area contributed by atoms with E-state index in [2.05, 4.69) is 33.4 Å². The second kappa shape index (κ2) is 4.45. The van der Waals surface area contributed by atoms with Gasteiger partial charge in [-0.15, -0.1) is 0 Å². The molecule has 3 heterocycles. The predicted octanol–water partition coefficient (Wildman–Crippen LogP) is 1.42. The van der Waals surface area contributed by atoms with Crippen LogP contribution < -0.4 is 5.43 Å². The van der Waals surface area contributed by atoms with Gasteiger partial charge in [-0.05, 0) is 18.7 Å². The maximum atomic E-state index is 4.48. The fourth-order valence-electron chi connectivity index (χ4n) is 2.73. The fraction of sp³-hybridized carbons (Fsp3) is 0.538. The number of hydrogen-bond donors (Lipinski definition) is 1. The molecule has 1 N–H and O–H groups in total. The molecule has 0 amide bonds. The first-order valence-electron chi connectivity index (χ1n) is 6.33. The van der Waals surface area contributed by atoms with E-state index in [9.17, 15) is 0 Å². The van der Waals surface area contributed by atoms with Gasteiger partial charge < -0.3 is 10.3 Å². The van der Waals surface area contributed by atoms with E-state index in [4.69, 9.17) is 0 Å². The van der Waals surface area contributed by atoms with Crippen LogP contribution in [-0.4, -0.2) is 35.2 Å². The molecule has 0 radical (unpaired) electrons. The van der Waals surface area contributed by atoms with Crippen molar-refractivity contribution >= 4 is 5.71 Å². The van der Waals surface area contributed by atoms with E-state index in [1.165, 1.54) is 5.71 Å². The van der Waals surface area contributed by atoms with Gasteiger partial charge in [0, 0.05) is 37.3 Å². The molecule has 2 aliphatic rings. The summed E-state index contributed by atoms with van der Waals surface area (Å²) >= 11 is 0. The number of piperidine rings is 1. The van der Waals surface area contributed by atoms with Gasteiger partial charge in [0.05, 0.1) is 11.7 Å². The van der Waals surface area contributed by atoms with Crippen LogP contribution in [0.3, 0.4) is 0 Å². The van der Waals surface area contributed by atoms with Gasteiger partial charge in [-0.1, -0.05) is 13.0 Å². The molecule has 0 aliphatic carbocycles. The molecule has 3 rings (SSSR count). The Balaban J connectivity index is 1.81. The van der Waals surface area contributed by atoms with Crippen LogP contribution in [0.1, 0.15) is 25.1 Å². The highest BCUT2D eigenvalue weighted by Gasteiger charge is 2.37. The number of pyridine rings is 1. The second-order valence-electron chi connectivity index (χ2n) is 4.71. The number of hydrogen-bond acceptors (Lipinski definition) is 4. The molecule has 1 saturated heterocycles. The highest BCUT2D eigenvalue weighted by atomic mass is 15.4. The van der Waals surface area contributed by atoms with Gasteiger partial charge >= 0.3 is 0 Å². The molecule has 4 heteroatoms. The zero-order valence-corrected chi connectivity index (χ0v) is 10.1. The number of aromatic nitrogens is 1. The van der Waals surface area contributed by atoms with E-state index in [0.29, 0.717) is 5.92 Å². The average Bonchev–Trinajstić information content (AvgIpc) is 2.82. The van der Waals surface area contributed by atoms with E-state index in [-0.39, 0.29) is 6.04 Å². The largest absolute Gasteiger partial charge is 0.302 e. The van der Waals surface area contributed by atoms with Crippen LogP contribution in [-0.2, 0) is 0 Å². The van der Waals surface area contributed by atoms with E-state index < -0.39 is 0 Å². The summed E-state index contributed by atoms with van der Waals surface area (Å²) in [7, 11) is 0. The van der Waals surface area contributed by atoms with Crippen LogP contribution in [0.25, 0.3) is 0 Å². The molecule has 0 saturated carbocycles. The minimum absolute atomic E-state index is 0.264. The summed E-state index contributed by atoms with van der Waals surface area (Å²) in [4.78, 5) is 6.94. The molecule has 2 aliphatic heterocycles. The Morgan fingerprint density at radius 3 is 3.18 bits per heavy atom. The van der Waals surface area contributed by atoms with Gasteiger partial charge in [0.1, 0.15) is 0 Å².